The molecule has 5 heterocycles. The maximum atomic E-state index is 14.0. The van der Waals surface area contributed by atoms with Crippen LogP contribution in [0.25, 0.3) is 0 Å². The van der Waals surface area contributed by atoms with Gasteiger partial charge < -0.3 is 19.9 Å². The lowest BCUT2D eigenvalue weighted by molar-refractivity contribution is -0.131. The van der Waals surface area contributed by atoms with Crippen molar-refractivity contribution < 1.29 is 23.6 Å². The van der Waals surface area contributed by atoms with Crippen molar-refractivity contribution in [3.63, 3.8) is 0 Å². The zero-order valence-electron chi connectivity index (χ0n) is 19.7. The Balaban J connectivity index is 1.59. The van der Waals surface area contributed by atoms with Gasteiger partial charge in [0.25, 0.3) is 0 Å². The molecule has 5 atom stereocenters. The molecule has 10 heteroatoms. The summed E-state index contributed by atoms with van der Waals surface area (Å²) in [6.45, 7) is 9.07. The molecule has 0 aromatic carbocycles. The second-order valence-electron chi connectivity index (χ2n) is 10.3. The molecule has 2 aromatic rings. The van der Waals surface area contributed by atoms with Crippen molar-refractivity contribution in [2.45, 2.75) is 57.4 Å². The molecule has 3 aliphatic heterocycles. The second kappa shape index (κ2) is 7.23. The minimum atomic E-state index is -1.31. The summed E-state index contributed by atoms with van der Waals surface area (Å²) in [5.41, 5.74) is -2.45. The van der Waals surface area contributed by atoms with Crippen molar-refractivity contribution >= 4 is 29.2 Å². The summed E-state index contributed by atoms with van der Waals surface area (Å²) in [6.07, 6.45) is 6.66. The Morgan fingerprint density at radius 1 is 1.21 bits per heavy atom. The Bertz CT molecular complexity index is 1200. The van der Waals surface area contributed by atoms with Crippen molar-refractivity contribution in [2.75, 3.05) is 10.2 Å². The van der Waals surface area contributed by atoms with Crippen LogP contribution in [0, 0.1) is 18.8 Å². The first-order chi connectivity index (χ1) is 16.0. The molecule has 10 nitrogen and oxygen atoms in total. The first-order valence-corrected chi connectivity index (χ1v) is 11.2. The quantitative estimate of drug-likeness (QED) is 0.661. The van der Waals surface area contributed by atoms with Crippen LogP contribution in [0.5, 0.6) is 0 Å². The number of nitrogens with one attached hydrogen (secondary N) is 2. The van der Waals surface area contributed by atoms with Crippen LogP contribution in [0.3, 0.4) is 0 Å². The summed E-state index contributed by atoms with van der Waals surface area (Å²) >= 11 is 0. The normalized spacial score (nSPS) is 31.6. The molecule has 2 N–H and O–H groups in total. The van der Waals surface area contributed by atoms with Gasteiger partial charge in [0.1, 0.15) is 17.4 Å². The van der Waals surface area contributed by atoms with Gasteiger partial charge in [-0.25, -0.2) is 0 Å². The largest absolute Gasteiger partial charge is 0.360 e. The molecule has 2 bridgehead atoms. The standard InChI is InChI=1S/C24H27N5O5/c1-13-11-15(28-33-13)26-19(30)16-17-21(32)29(14-7-6-10-25-12-14)18(20(31)27-22(2,3)4)24(17)9-8-23(16,5)34-24/h6-12,16-18H,1-5H3,(H,27,31)(H,26,28,30)/t16-,17-,18+,23-,24+/m1/s1. The van der Waals surface area contributed by atoms with Gasteiger partial charge in [-0.15, -0.1) is 0 Å². The Labute approximate surface area is 196 Å². The molecule has 0 radical (unpaired) electrons. The van der Waals surface area contributed by atoms with Crippen LogP contribution in [-0.2, 0) is 19.1 Å². The number of aromatic nitrogens is 2. The number of fused-ring (bicyclic) bond motifs is 1. The minimum Gasteiger partial charge on any atom is -0.360 e. The number of anilines is 2. The van der Waals surface area contributed by atoms with Gasteiger partial charge in [0.05, 0.1) is 29.3 Å². The maximum Gasteiger partial charge on any atom is 0.246 e. The molecule has 3 amide bonds. The number of pyridine rings is 1. The lowest BCUT2D eigenvalue weighted by Gasteiger charge is -2.34. The monoisotopic (exact) mass is 465 g/mol. The third-order valence-electron chi connectivity index (χ3n) is 6.53. The van der Waals surface area contributed by atoms with E-state index in [-0.39, 0.29) is 17.6 Å². The van der Waals surface area contributed by atoms with Crippen LogP contribution in [0.15, 0.2) is 47.3 Å². The Morgan fingerprint density at radius 2 is 1.97 bits per heavy atom. The van der Waals surface area contributed by atoms with Gasteiger partial charge in [-0.1, -0.05) is 17.3 Å². The van der Waals surface area contributed by atoms with Crippen LogP contribution in [0.2, 0.25) is 0 Å². The van der Waals surface area contributed by atoms with Gasteiger partial charge in [-0.3, -0.25) is 24.3 Å². The van der Waals surface area contributed by atoms with E-state index >= 15 is 0 Å². The lowest BCUT2D eigenvalue weighted by atomic mass is 9.70. The van der Waals surface area contributed by atoms with Crippen molar-refractivity contribution in [1.82, 2.24) is 15.5 Å². The summed E-state index contributed by atoms with van der Waals surface area (Å²) in [5, 5.41) is 9.55. The fourth-order valence-corrected chi connectivity index (χ4v) is 5.38. The Kier molecular flexibility index (Phi) is 4.74. The zero-order valence-corrected chi connectivity index (χ0v) is 19.7. The fourth-order valence-electron chi connectivity index (χ4n) is 5.38. The maximum absolute atomic E-state index is 14.0. The number of nitrogens with zero attached hydrogens (tertiary/aromatic N) is 3. The molecule has 0 unspecified atom stereocenters. The molecular weight excluding hydrogens is 438 g/mol. The number of rotatable bonds is 4. The molecular formula is C24H27N5O5. The third kappa shape index (κ3) is 3.24. The fraction of sp³-hybridized carbons (Fsp3) is 0.458. The van der Waals surface area contributed by atoms with E-state index in [1.807, 2.05) is 20.8 Å². The van der Waals surface area contributed by atoms with Crippen molar-refractivity contribution in [2.24, 2.45) is 11.8 Å². The first kappa shape index (κ1) is 22.3. The van der Waals surface area contributed by atoms with Crippen molar-refractivity contribution in [3.8, 4) is 0 Å². The summed E-state index contributed by atoms with van der Waals surface area (Å²) in [4.78, 5) is 46.6. The number of carbonyl (C=O) groups is 3. The molecule has 2 saturated heterocycles. The van der Waals surface area contributed by atoms with E-state index in [2.05, 4.69) is 20.8 Å². The molecule has 3 aliphatic rings. The SMILES string of the molecule is Cc1cc(NC(=O)[C@H]2[C@@H]3C(=O)N(c4cccnc4)[C@@H](C(=O)NC(C)(C)C)[C@]34C=C[C@@]2(C)O4)no1. The van der Waals surface area contributed by atoms with Crippen LogP contribution < -0.4 is 15.5 Å². The number of ether oxygens (including phenoxy) is 1. The van der Waals surface area contributed by atoms with Crippen LogP contribution >= 0.6 is 0 Å². The van der Waals surface area contributed by atoms with Crippen LogP contribution in [-0.4, -0.2) is 50.6 Å². The summed E-state index contributed by atoms with van der Waals surface area (Å²) in [7, 11) is 0. The van der Waals surface area contributed by atoms with Crippen LogP contribution in [0.4, 0.5) is 11.5 Å². The molecule has 178 valence electrons. The molecule has 5 rings (SSSR count). The van der Waals surface area contributed by atoms with Gasteiger partial charge >= 0.3 is 0 Å². The number of hydrogen-bond donors (Lipinski definition) is 2. The minimum absolute atomic E-state index is 0.253. The average Bonchev–Trinajstić information content (AvgIpc) is 3.44. The van der Waals surface area contributed by atoms with Gasteiger partial charge in [-0.2, -0.15) is 0 Å². The summed E-state index contributed by atoms with van der Waals surface area (Å²) < 4.78 is 11.5. The van der Waals surface area contributed by atoms with Crippen molar-refractivity contribution in [3.05, 3.63) is 48.5 Å². The van der Waals surface area contributed by atoms with E-state index in [4.69, 9.17) is 9.26 Å². The highest BCUT2D eigenvalue weighted by atomic mass is 16.5. The smallest absolute Gasteiger partial charge is 0.246 e. The van der Waals surface area contributed by atoms with Gasteiger partial charge in [-0.05, 0) is 46.8 Å². The Morgan fingerprint density at radius 3 is 2.59 bits per heavy atom. The highest BCUT2D eigenvalue weighted by Gasteiger charge is 2.76. The van der Waals surface area contributed by atoms with E-state index < -0.39 is 40.5 Å². The van der Waals surface area contributed by atoms with Gasteiger partial charge in [0.15, 0.2) is 5.82 Å². The molecule has 34 heavy (non-hydrogen) atoms. The van der Waals surface area contributed by atoms with E-state index in [0.717, 1.165) is 0 Å². The molecule has 2 aromatic heterocycles. The first-order valence-electron chi connectivity index (χ1n) is 11.2. The number of amides is 3. The highest BCUT2D eigenvalue weighted by molar-refractivity contribution is 6.11. The van der Waals surface area contributed by atoms with E-state index in [1.54, 1.807) is 50.4 Å². The lowest BCUT2D eigenvalue weighted by Crippen LogP contribution is -2.58. The van der Waals surface area contributed by atoms with E-state index in [1.165, 1.54) is 11.1 Å². The average molecular weight is 466 g/mol. The number of aryl methyl sites for hydroxylation is 1. The van der Waals surface area contributed by atoms with Gasteiger partial charge in [0, 0.05) is 17.8 Å². The second-order valence-corrected chi connectivity index (χ2v) is 10.3. The molecule has 2 fully saturated rings. The molecule has 0 saturated carbocycles. The van der Waals surface area contributed by atoms with E-state index in [9.17, 15) is 14.4 Å². The third-order valence-corrected chi connectivity index (χ3v) is 6.53. The number of hydrogen-bond acceptors (Lipinski definition) is 7. The van der Waals surface area contributed by atoms with Gasteiger partial charge in [0.2, 0.25) is 17.7 Å². The predicted octanol–water partition coefficient (Wildman–Crippen LogP) is 1.98. The van der Waals surface area contributed by atoms with E-state index in [0.29, 0.717) is 11.4 Å². The summed E-state index contributed by atoms with van der Waals surface area (Å²) in [6, 6.07) is 3.99. The molecule has 1 spiro atoms. The highest BCUT2D eigenvalue weighted by Crippen LogP contribution is 2.60. The van der Waals surface area contributed by atoms with Crippen LogP contribution in [0.1, 0.15) is 33.5 Å². The summed E-state index contributed by atoms with van der Waals surface area (Å²) in [5.74, 6) is -2.16. The zero-order chi connectivity index (χ0) is 24.5. The predicted molar refractivity (Wildman–Crippen MR) is 122 cm³/mol. The Hall–Kier alpha value is -3.53. The topological polar surface area (TPSA) is 127 Å². The number of carbonyl (C=O) groups excluding carboxylic acids is 3. The molecule has 0 aliphatic carbocycles. The van der Waals surface area contributed by atoms with Crippen molar-refractivity contribution in [1.29, 1.82) is 0 Å².